The summed E-state index contributed by atoms with van der Waals surface area (Å²) < 4.78 is 0. The Labute approximate surface area is 103 Å². The van der Waals surface area contributed by atoms with Crippen molar-refractivity contribution in [3.05, 3.63) is 42.2 Å². The Morgan fingerprint density at radius 3 is 2.59 bits per heavy atom. The molecular formula is C15H20N2. The number of nitrogens with zero attached hydrogens (tertiary/aromatic N) is 1. The highest BCUT2D eigenvalue weighted by atomic mass is 14.7. The fraction of sp³-hybridized carbons (Fsp3) is 0.400. The minimum absolute atomic E-state index is 0.0496. The summed E-state index contributed by atoms with van der Waals surface area (Å²) in [5.41, 5.74) is 7.69. The molecule has 0 radical (unpaired) electrons. The number of benzene rings is 1. The summed E-state index contributed by atoms with van der Waals surface area (Å²) in [5, 5.41) is 2.38. The second-order valence-corrected chi connectivity index (χ2v) is 5.82. The van der Waals surface area contributed by atoms with Crippen LogP contribution >= 0.6 is 0 Å². The first kappa shape index (κ1) is 12.1. The molecule has 1 aromatic heterocycles. The Balaban J connectivity index is 2.41. The number of rotatable bonds is 2. The quantitative estimate of drug-likeness (QED) is 0.851. The molecule has 0 aliphatic carbocycles. The van der Waals surface area contributed by atoms with Crippen LogP contribution in [0.3, 0.4) is 0 Å². The number of nitrogens with two attached hydrogens (primary N) is 1. The van der Waals surface area contributed by atoms with E-state index in [0.717, 1.165) is 17.4 Å². The lowest BCUT2D eigenvalue weighted by Crippen LogP contribution is -2.19. The normalized spacial score (nSPS) is 13.9. The fourth-order valence-corrected chi connectivity index (χ4v) is 2.21. The molecule has 0 spiro atoms. The first-order valence-electron chi connectivity index (χ1n) is 6.05. The Morgan fingerprint density at radius 2 is 1.88 bits per heavy atom. The minimum atomic E-state index is 0.0496. The summed E-state index contributed by atoms with van der Waals surface area (Å²) in [5.74, 6) is 0. The molecule has 2 aromatic rings. The van der Waals surface area contributed by atoms with E-state index in [9.17, 15) is 0 Å². The van der Waals surface area contributed by atoms with Crippen molar-refractivity contribution < 1.29 is 0 Å². The van der Waals surface area contributed by atoms with Gasteiger partial charge in [0.1, 0.15) is 0 Å². The lowest BCUT2D eigenvalue weighted by molar-refractivity contribution is 0.343. The van der Waals surface area contributed by atoms with E-state index in [0.29, 0.717) is 0 Å². The summed E-state index contributed by atoms with van der Waals surface area (Å²) in [6.45, 7) is 6.64. The maximum absolute atomic E-state index is 6.31. The van der Waals surface area contributed by atoms with Gasteiger partial charge in [0.25, 0.3) is 0 Å². The molecule has 0 amide bonds. The van der Waals surface area contributed by atoms with Crippen molar-refractivity contribution in [2.75, 3.05) is 0 Å². The number of hydrogen-bond donors (Lipinski definition) is 1. The van der Waals surface area contributed by atoms with Gasteiger partial charge in [-0.3, -0.25) is 4.98 Å². The van der Waals surface area contributed by atoms with Gasteiger partial charge < -0.3 is 5.73 Å². The predicted octanol–water partition coefficient (Wildman–Crippen LogP) is 3.67. The van der Waals surface area contributed by atoms with E-state index in [1.165, 1.54) is 5.39 Å². The van der Waals surface area contributed by atoms with E-state index in [-0.39, 0.29) is 11.5 Å². The largest absolute Gasteiger partial charge is 0.324 e. The van der Waals surface area contributed by atoms with Crippen molar-refractivity contribution in [2.45, 2.75) is 33.2 Å². The average molecular weight is 228 g/mol. The van der Waals surface area contributed by atoms with Crippen LogP contribution in [0.1, 0.15) is 38.8 Å². The van der Waals surface area contributed by atoms with Crippen LogP contribution in [0.5, 0.6) is 0 Å². The van der Waals surface area contributed by atoms with Crippen LogP contribution in [-0.2, 0) is 0 Å². The Hall–Kier alpha value is -1.41. The van der Waals surface area contributed by atoms with E-state index in [1.807, 2.05) is 18.5 Å². The highest BCUT2D eigenvalue weighted by molar-refractivity contribution is 5.85. The molecule has 2 N–H and O–H groups in total. The van der Waals surface area contributed by atoms with Crippen molar-refractivity contribution in [1.82, 2.24) is 4.98 Å². The Morgan fingerprint density at radius 1 is 1.18 bits per heavy atom. The van der Waals surface area contributed by atoms with E-state index in [4.69, 9.17) is 5.73 Å². The Bertz CT molecular complexity index is 506. The van der Waals surface area contributed by atoms with Gasteiger partial charge in [0.15, 0.2) is 0 Å². The average Bonchev–Trinajstić information content (AvgIpc) is 2.26. The van der Waals surface area contributed by atoms with E-state index in [2.05, 4.69) is 44.0 Å². The van der Waals surface area contributed by atoms with Gasteiger partial charge in [0, 0.05) is 23.8 Å². The first-order chi connectivity index (χ1) is 7.97. The molecule has 0 saturated carbocycles. The molecule has 1 atom stereocenters. The predicted molar refractivity (Wildman–Crippen MR) is 72.7 cm³/mol. The topological polar surface area (TPSA) is 38.9 Å². The van der Waals surface area contributed by atoms with Crippen LogP contribution in [-0.4, -0.2) is 4.98 Å². The van der Waals surface area contributed by atoms with Crippen molar-refractivity contribution in [1.29, 1.82) is 0 Å². The highest BCUT2D eigenvalue weighted by Crippen LogP contribution is 2.30. The molecule has 1 heterocycles. The van der Waals surface area contributed by atoms with Crippen LogP contribution in [0, 0.1) is 5.41 Å². The van der Waals surface area contributed by atoms with E-state index < -0.39 is 0 Å². The third-order valence-electron chi connectivity index (χ3n) is 2.93. The Kier molecular flexibility index (Phi) is 3.16. The molecule has 1 unspecified atom stereocenters. The zero-order chi connectivity index (χ0) is 12.5. The van der Waals surface area contributed by atoms with Crippen molar-refractivity contribution in [3.63, 3.8) is 0 Å². The van der Waals surface area contributed by atoms with Gasteiger partial charge in [-0.2, -0.15) is 0 Å². The van der Waals surface area contributed by atoms with Gasteiger partial charge >= 0.3 is 0 Å². The molecule has 0 aliphatic rings. The summed E-state index contributed by atoms with van der Waals surface area (Å²) in [6.07, 6.45) is 4.75. The lowest BCUT2D eigenvalue weighted by atomic mass is 9.85. The van der Waals surface area contributed by atoms with E-state index in [1.54, 1.807) is 0 Å². The molecule has 0 fully saturated rings. The summed E-state index contributed by atoms with van der Waals surface area (Å²) in [6, 6.07) is 8.33. The zero-order valence-corrected chi connectivity index (χ0v) is 10.8. The highest BCUT2D eigenvalue weighted by Gasteiger charge is 2.18. The van der Waals surface area contributed by atoms with Crippen molar-refractivity contribution in [2.24, 2.45) is 11.1 Å². The SMILES string of the molecule is CC(C)(C)CC(N)c1cncc2ccccc12. The molecule has 17 heavy (non-hydrogen) atoms. The van der Waals surface area contributed by atoms with Crippen molar-refractivity contribution >= 4 is 10.8 Å². The molecule has 2 nitrogen and oxygen atoms in total. The van der Waals surface area contributed by atoms with Crippen LogP contribution in [0.25, 0.3) is 10.8 Å². The van der Waals surface area contributed by atoms with Crippen LogP contribution in [0.15, 0.2) is 36.7 Å². The van der Waals surface area contributed by atoms with Crippen LogP contribution < -0.4 is 5.73 Å². The number of hydrogen-bond acceptors (Lipinski definition) is 2. The number of pyridine rings is 1. The number of aromatic nitrogens is 1. The zero-order valence-electron chi connectivity index (χ0n) is 10.8. The van der Waals surface area contributed by atoms with E-state index >= 15 is 0 Å². The molecular weight excluding hydrogens is 208 g/mol. The second kappa shape index (κ2) is 4.46. The molecule has 90 valence electrons. The maximum Gasteiger partial charge on any atom is 0.0346 e. The van der Waals surface area contributed by atoms with Gasteiger partial charge in [-0.25, -0.2) is 0 Å². The van der Waals surface area contributed by atoms with Gasteiger partial charge in [-0.1, -0.05) is 45.0 Å². The molecule has 0 bridgehead atoms. The fourth-order valence-electron chi connectivity index (χ4n) is 2.21. The first-order valence-corrected chi connectivity index (χ1v) is 6.05. The van der Waals surface area contributed by atoms with Crippen LogP contribution in [0.2, 0.25) is 0 Å². The van der Waals surface area contributed by atoms with Crippen molar-refractivity contribution in [3.8, 4) is 0 Å². The molecule has 1 aromatic carbocycles. The molecule has 2 rings (SSSR count). The monoisotopic (exact) mass is 228 g/mol. The maximum atomic E-state index is 6.31. The smallest absolute Gasteiger partial charge is 0.0346 e. The minimum Gasteiger partial charge on any atom is -0.324 e. The molecule has 0 saturated heterocycles. The van der Waals surface area contributed by atoms with Crippen LogP contribution in [0.4, 0.5) is 0 Å². The molecule has 0 aliphatic heterocycles. The second-order valence-electron chi connectivity index (χ2n) is 5.82. The van der Waals surface area contributed by atoms with Gasteiger partial charge in [-0.05, 0) is 22.8 Å². The van der Waals surface area contributed by atoms with Gasteiger partial charge in [-0.15, -0.1) is 0 Å². The third-order valence-corrected chi connectivity index (χ3v) is 2.93. The summed E-state index contributed by atoms with van der Waals surface area (Å²) in [4.78, 5) is 4.28. The third kappa shape index (κ3) is 2.83. The molecule has 2 heteroatoms. The van der Waals surface area contributed by atoms with Gasteiger partial charge in [0.05, 0.1) is 0 Å². The lowest BCUT2D eigenvalue weighted by Gasteiger charge is -2.24. The van der Waals surface area contributed by atoms with Gasteiger partial charge in [0.2, 0.25) is 0 Å². The number of fused-ring (bicyclic) bond motifs is 1. The summed E-state index contributed by atoms with van der Waals surface area (Å²) in [7, 11) is 0. The summed E-state index contributed by atoms with van der Waals surface area (Å²) >= 11 is 0. The standard InChI is InChI=1S/C15H20N2/c1-15(2,3)8-14(16)13-10-17-9-11-6-4-5-7-12(11)13/h4-7,9-10,14H,8,16H2,1-3H3.